The molecular formula is C12H14O3. The molecule has 4 atom stereocenters. The zero-order valence-corrected chi connectivity index (χ0v) is 8.84. The maximum Gasteiger partial charge on any atom is 0.118 e. The summed E-state index contributed by atoms with van der Waals surface area (Å²) in [7, 11) is 3.43. The van der Waals surface area contributed by atoms with Crippen molar-refractivity contribution < 1.29 is 14.2 Å². The van der Waals surface area contributed by atoms with Crippen LogP contribution in [-0.4, -0.2) is 26.4 Å². The molecule has 0 radical (unpaired) electrons. The maximum absolute atomic E-state index is 5.63. The van der Waals surface area contributed by atoms with Gasteiger partial charge in [0.1, 0.15) is 24.4 Å². The largest absolute Gasteiger partial charge is 0.376 e. The van der Waals surface area contributed by atoms with Crippen LogP contribution in [0.25, 0.3) is 0 Å². The van der Waals surface area contributed by atoms with Crippen molar-refractivity contribution in [1.29, 1.82) is 0 Å². The van der Waals surface area contributed by atoms with Crippen molar-refractivity contribution >= 4 is 0 Å². The Morgan fingerprint density at radius 2 is 1.80 bits per heavy atom. The molecule has 0 amide bonds. The van der Waals surface area contributed by atoms with E-state index in [1.165, 1.54) is 11.1 Å². The van der Waals surface area contributed by atoms with Crippen molar-refractivity contribution in [2.75, 3.05) is 14.2 Å². The van der Waals surface area contributed by atoms with E-state index in [2.05, 4.69) is 12.1 Å². The van der Waals surface area contributed by atoms with Gasteiger partial charge in [-0.05, 0) is 11.1 Å². The minimum atomic E-state index is -0.00468. The number of hydrogen-bond acceptors (Lipinski definition) is 3. The zero-order chi connectivity index (χ0) is 10.4. The summed E-state index contributed by atoms with van der Waals surface area (Å²) in [6, 6.07) is 8.27. The van der Waals surface area contributed by atoms with Crippen LogP contribution in [0.5, 0.6) is 0 Å². The third kappa shape index (κ3) is 1.24. The molecule has 0 unspecified atom stereocenters. The van der Waals surface area contributed by atoms with E-state index in [4.69, 9.17) is 14.2 Å². The molecule has 0 spiro atoms. The molecule has 15 heavy (non-hydrogen) atoms. The fraction of sp³-hybridized carbons (Fsp3) is 0.500. The monoisotopic (exact) mass is 206 g/mol. The van der Waals surface area contributed by atoms with Crippen molar-refractivity contribution in [3.8, 4) is 0 Å². The highest BCUT2D eigenvalue weighted by Crippen LogP contribution is 2.52. The summed E-state index contributed by atoms with van der Waals surface area (Å²) in [5, 5.41) is 0. The number of methoxy groups -OCH3 is 2. The molecule has 1 aromatic carbocycles. The first-order valence-electron chi connectivity index (χ1n) is 5.16. The van der Waals surface area contributed by atoms with E-state index in [-0.39, 0.29) is 24.4 Å². The van der Waals surface area contributed by atoms with Gasteiger partial charge in [-0.1, -0.05) is 24.3 Å². The lowest BCUT2D eigenvalue weighted by Gasteiger charge is -2.28. The summed E-state index contributed by atoms with van der Waals surface area (Å²) in [6.07, 6.45) is 0.414. The summed E-state index contributed by atoms with van der Waals surface area (Å²) < 4.78 is 16.6. The number of rotatable bonds is 2. The smallest absolute Gasteiger partial charge is 0.118 e. The predicted octanol–water partition coefficient (Wildman–Crippen LogP) is 1.84. The van der Waals surface area contributed by atoms with Gasteiger partial charge in [0.15, 0.2) is 0 Å². The zero-order valence-electron chi connectivity index (χ0n) is 8.84. The Hall–Kier alpha value is -0.900. The molecular weight excluding hydrogens is 192 g/mol. The number of ether oxygens (including phenoxy) is 3. The third-order valence-electron chi connectivity index (χ3n) is 3.28. The van der Waals surface area contributed by atoms with E-state index < -0.39 is 0 Å². The number of hydrogen-bond donors (Lipinski definition) is 0. The van der Waals surface area contributed by atoms with Crippen LogP contribution in [0.4, 0.5) is 0 Å². The molecule has 1 saturated heterocycles. The molecule has 2 aliphatic rings. The Kier molecular flexibility index (Phi) is 2.06. The summed E-state index contributed by atoms with van der Waals surface area (Å²) >= 11 is 0. The van der Waals surface area contributed by atoms with Crippen LogP contribution < -0.4 is 0 Å². The average Bonchev–Trinajstić information content (AvgIpc) is 3.07. The van der Waals surface area contributed by atoms with E-state index in [9.17, 15) is 0 Å². The highest BCUT2D eigenvalue weighted by molar-refractivity contribution is 5.39. The fourth-order valence-electron chi connectivity index (χ4n) is 2.52. The molecule has 3 rings (SSSR count). The van der Waals surface area contributed by atoms with Gasteiger partial charge in [0.05, 0.1) is 0 Å². The Morgan fingerprint density at radius 3 is 2.47 bits per heavy atom. The molecule has 1 heterocycles. The second-order valence-electron chi connectivity index (χ2n) is 4.01. The third-order valence-corrected chi connectivity index (χ3v) is 3.28. The maximum atomic E-state index is 5.63. The van der Waals surface area contributed by atoms with Gasteiger partial charge in [0, 0.05) is 14.2 Å². The number of fused-ring (bicyclic) bond motifs is 3. The number of epoxide rings is 1. The normalized spacial score (nSPS) is 36.9. The second kappa shape index (κ2) is 3.30. The average molecular weight is 206 g/mol. The molecule has 1 aliphatic carbocycles. The summed E-state index contributed by atoms with van der Waals surface area (Å²) in [5.74, 6) is 0. The predicted molar refractivity (Wildman–Crippen MR) is 54.6 cm³/mol. The Morgan fingerprint density at radius 1 is 1.07 bits per heavy atom. The minimum absolute atomic E-state index is 0.00468. The molecule has 3 nitrogen and oxygen atoms in total. The molecule has 3 heteroatoms. The Balaban J connectivity index is 2.06. The van der Waals surface area contributed by atoms with E-state index in [1.54, 1.807) is 14.2 Å². The second-order valence-corrected chi connectivity index (χ2v) is 4.01. The van der Waals surface area contributed by atoms with Gasteiger partial charge in [-0.3, -0.25) is 0 Å². The van der Waals surface area contributed by atoms with Crippen LogP contribution in [-0.2, 0) is 14.2 Å². The summed E-state index contributed by atoms with van der Waals surface area (Å²) in [5.41, 5.74) is 2.45. The van der Waals surface area contributed by atoms with Crippen molar-refractivity contribution in [2.24, 2.45) is 0 Å². The van der Waals surface area contributed by atoms with Gasteiger partial charge in [0.25, 0.3) is 0 Å². The lowest BCUT2D eigenvalue weighted by Crippen LogP contribution is -2.32. The quantitative estimate of drug-likeness (QED) is 0.692. The Labute approximate surface area is 89.0 Å². The van der Waals surface area contributed by atoms with Gasteiger partial charge in [0.2, 0.25) is 0 Å². The lowest BCUT2D eigenvalue weighted by molar-refractivity contribution is -0.0516. The molecule has 1 aliphatic heterocycles. The molecule has 1 fully saturated rings. The first-order valence-corrected chi connectivity index (χ1v) is 5.16. The van der Waals surface area contributed by atoms with Crippen LogP contribution in [0.3, 0.4) is 0 Å². The van der Waals surface area contributed by atoms with Crippen molar-refractivity contribution in [1.82, 2.24) is 0 Å². The van der Waals surface area contributed by atoms with Crippen LogP contribution in [0, 0.1) is 0 Å². The highest BCUT2D eigenvalue weighted by atomic mass is 16.6. The first kappa shape index (κ1) is 9.33. The van der Waals surface area contributed by atoms with E-state index in [1.807, 2.05) is 12.1 Å². The SMILES string of the molecule is CO[C@H]1[C@H]2O[C@H]2c2ccccc2[C@@H]1OC. The van der Waals surface area contributed by atoms with Crippen molar-refractivity contribution in [3.05, 3.63) is 35.4 Å². The van der Waals surface area contributed by atoms with Crippen LogP contribution in [0.15, 0.2) is 24.3 Å². The van der Waals surface area contributed by atoms with Crippen LogP contribution >= 0.6 is 0 Å². The van der Waals surface area contributed by atoms with E-state index >= 15 is 0 Å². The van der Waals surface area contributed by atoms with E-state index in [0.717, 1.165) is 0 Å². The molecule has 0 bridgehead atoms. The van der Waals surface area contributed by atoms with Gasteiger partial charge in [-0.2, -0.15) is 0 Å². The molecule has 0 aromatic heterocycles. The molecule has 1 aromatic rings. The minimum Gasteiger partial charge on any atom is -0.376 e. The van der Waals surface area contributed by atoms with Gasteiger partial charge >= 0.3 is 0 Å². The molecule has 0 saturated carbocycles. The van der Waals surface area contributed by atoms with Crippen LogP contribution in [0.2, 0.25) is 0 Å². The summed E-state index contributed by atoms with van der Waals surface area (Å²) in [6.45, 7) is 0. The van der Waals surface area contributed by atoms with Crippen LogP contribution in [0.1, 0.15) is 23.3 Å². The topological polar surface area (TPSA) is 31.0 Å². The van der Waals surface area contributed by atoms with E-state index in [0.29, 0.717) is 0 Å². The summed E-state index contributed by atoms with van der Waals surface area (Å²) in [4.78, 5) is 0. The molecule has 0 N–H and O–H groups in total. The standard InChI is InChI=1S/C12H14O3/c1-13-9-7-5-3-4-6-8(7)10-12(15-10)11(9)14-2/h3-6,9-12H,1-2H3/t9-,10-,11+,12-/m0/s1. The highest BCUT2D eigenvalue weighted by Gasteiger charge is 2.54. The fourth-order valence-corrected chi connectivity index (χ4v) is 2.52. The number of benzene rings is 1. The molecule has 80 valence electrons. The van der Waals surface area contributed by atoms with Gasteiger partial charge in [-0.25, -0.2) is 0 Å². The van der Waals surface area contributed by atoms with Gasteiger partial charge < -0.3 is 14.2 Å². The Bertz CT molecular complexity index is 377. The van der Waals surface area contributed by atoms with Crippen molar-refractivity contribution in [2.45, 2.75) is 24.4 Å². The van der Waals surface area contributed by atoms with Crippen molar-refractivity contribution in [3.63, 3.8) is 0 Å². The lowest BCUT2D eigenvalue weighted by atomic mass is 9.87. The first-order chi connectivity index (χ1) is 7.36. The van der Waals surface area contributed by atoms with Gasteiger partial charge in [-0.15, -0.1) is 0 Å².